The zero-order valence-corrected chi connectivity index (χ0v) is 21.3. The molecule has 0 aromatic rings. The lowest BCUT2D eigenvalue weighted by Crippen LogP contribution is -2.63. The van der Waals surface area contributed by atoms with Gasteiger partial charge in [-0.2, -0.15) is 0 Å². The lowest BCUT2D eigenvalue weighted by molar-refractivity contribution is -0.214. The van der Waals surface area contributed by atoms with E-state index in [0.717, 1.165) is 25.7 Å². The van der Waals surface area contributed by atoms with Crippen molar-refractivity contribution in [1.82, 2.24) is 0 Å². The summed E-state index contributed by atoms with van der Waals surface area (Å²) in [5.41, 5.74) is -1.78. The molecule has 0 spiro atoms. The molecule has 192 valence electrons. The highest BCUT2D eigenvalue weighted by atomic mass is 16.5. The second-order valence-electron chi connectivity index (χ2n) is 12.5. The molecular formula is C28H44O6. The molecule has 0 heterocycles. The highest BCUT2D eigenvalue weighted by molar-refractivity contribution is 5.96. The summed E-state index contributed by atoms with van der Waals surface area (Å²) in [6.07, 6.45) is 6.13. The number of carbonyl (C=O) groups is 2. The molecule has 4 fully saturated rings. The first-order valence-electron chi connectivity index (χ1n) is 13.2. The summed E-state index contributed by atoms with van der Waals surface area (Å²) < 4.78 is 4.83. The summed E-state index contributed by atoms with van der Waals surface area (Å²) in [6.45, 7) is 10.2. The van der Waals surface area contributed by atoms with Crippen molar-refractivity contribution in [2.75, 3.05) is 7.11 Å². The smallest absolute Gasteiger partial charge is 0.305 e. The molecule has 6 heteroatoms. The summed E-state index contributed by atoms with van der Waals surface area (Å²) in [6, 6.07) is 0. The van der Waals surface area contributed by atoms with Crippen LogP contribution in [-0.2, 0) is 14.3 Å². The van der Waals surface area contributed by atoms with Crippen molar-refractivity contribution in [1.29, 1.82) is 0 Å². The number of rotatable bonds is 6. The van der Waals surface area contributed by atoms with E-state index in [-0.39, 0.29) is 46.3 Å². The van der Waals surface area contributed by atoms with E-state index < -0.39 is 17.8 Å². The van der Waals surface area contributed by atoms with Crippen LogP contribution in [0.1, 0.15) is 78.6 Å². The molecule has 11 unspecified atom stereocenters. The normalized spacial score (nSPS) is 48.7. The topological polar surface area (TPSA) is 104 Å². The van der Waals surface area contributed by atoms with E-state index in [0.29, 0.717) is 43.9 Å². The number of ketones is 1. The number of ether oxygens (including phenoxy) is 1. The third-order valence-corrected chi connectivity index (χ3v) is 11.3. The molecule has 0 aromatic heterocycles. The van der Waals surface area contributed by atoms with Crippen molar-refractivity contribution >= 4 is 11.8 Å². The van der Waals surface area contributed by atoms with Gasteiger partial charge < -0.3 is 20.1 Å². The average Bonchev–Trinajstić information content (AvgIpc) is 3.17. The Labute approximate surface area is 204 Å². The van der Waals surface area contributed by atoms with E-state index in [1.165, 1.54) is 13.2 Å². The fourth-order valence-electron chi connectivity index (χ4n) is 9.21. The summed E-state index contributed by atoms with van der Waals surface area (Å²) in [5, 5.41) is 34.2. The standard InChI is InChI=1S/C28H44O6/c1-6-22(30)28(33)12-11-26(3)17(15-28)13-21(29)25-19-9-8-18(16(2)7-10-24(32)34-5)27(19,4)23(31)14-20(25)26/h6,16-21,23,25,29,31,33H,1,7-15H2,2-5H3. The number of esters is 1. The number of aliphatic hydroxyl groups excluding tert-OH is 2. The molecule has 11 atom stereocenters. The van der Waals surface area contributed by atoms with Crippen LogP contribution < -0.4 is 0 Å². The second kappa shape index (κ2) is 9.01. The van der Waals surface area contributed by atoms with Gasteiger partial charge in [0.1, 0.15) is 5.60 Å². The number of methoxy groups -OCH3 is 1. The van der Waals surface area contributed by atoms with Crippen LogP contribution in [0.5, 0.6) is 0 Å². The third kappa shape index (κ3) is 3.79. The van der Waals surface area contributed by atoms with Crippen LogP contribution in [0.15, 0.2) is 12.7 Å². The monoisotopic (exact) mass is 476 g/mol. The van der Waals surface area contributed by atoms with Gasteiger partial charge in [-0.3, -0.25) is 9.59 Å². The Morgan fingerprint density at radius 2 is 1.85 bits per heavy atom. The maximum Gasteiger partial charge on any atom is 0.305 e. The van der Waals surface area contributed by atoms with Crippen LogP contribution in [0.25, 0.3) is 0 Å². The zero-order chi connectivity index (χ0) is 25.1. The predicted octanol–water partition coefficient (Wildman–Crippen LogP) is 3.66. The van der Waals surface area contributed by atoms with Crippen molar-refractivity contribution in [3.8, 4) is 0 Å². The molecule has 4 aliphatic carbocycles. The largest absolute Gasteiger partial charge is 0.469 e. The molecule has 0 amide bonds. The predicted molar refractivity (Wildman–Crippen MR) is 129 cm³/mol. The minimum atomic E-state index is -1.38. The zero-order valence-electron chi connectivity index (χ0n) is 21.3. The Morgan fingerprint density at radius 3 is 2.50 bits per heavy atom. The quantitative estimate of drug-likeness (QED) is 0.399. The minimum Gasteiger partial charge on any atom is -0.469 e. The molecule has 6 nitrogen and oxygen atoms in total. The molecule has 0 aliphatic heterocycles. The Hall–Kier alpha value is -1.24. The molecular weight excluding hydrogens is 432 g/mol. The molecule has 3 N–H and O–H groups in total. The van der Waals surface area contributed by atoms with Gasteiger partial charge in [-0.25, -0.2) is 0 Å². The summed E-state index contributed by atoms with van der Waals surface area (Å²) in [4.78, 5) is 24.1. The molecule has 4 aliphatic rings. The lowest BCUT2D eigenvalue weighted by Gasteiger charge is -2.64. The lowest BCUT2D eigenvalue weighted by atomic mass is 9.42. The fraction of sp³-hybridized carbons (Fsp3) is 0.857. The first-order chi connectivity index (χ1) is 15.9. The van der Waals surface area contributed by atoms with Crippen LogP contribution in [-0.4, -0.2) is 52.0 Å². The number of carbonyl (C=O) groups excluding carboxylic acids is 2. The molecule has 0 aromatic carbocycles. The highest BCUT2D eigenvalue weighted by Gasteiger charge is 2.66. The van der Waals surface area contributed by atoms with E-state index in [1.807, 2.05) is 0 Å². The van der Waals surface area contributed by atoms with Gasteiger partial charge in [-0.05, 0) is 104 Å². The number of aliphatic hydroxyl groups is 3. The first kappa shape index (κ1) is 25.8. The van der Waals surface area contributed by atoms with E-state index in [1.54, 1.807) is 0 Å². The van der Waals surface area contributed by atoms with Crippen molar-refractivity contribution in [3.63, 3.8) is 0 Å². The van der Waals surface area contributed by atoms with E-state index >= 15 is 0 Å². The number of hydrogen-bond donors (Lipinski definition) is 3. The van der Waals surface area contributed by atoms with Gasteiger partial charge in [-0.1, -0.05) is 27.4 Å². The molecule has 4 rings (SSSR count). The molecule has 0 radical (unpaired) electrons. The number of fused-ring (bicyclic) bond motifs is 5. The van der Waals surface area contributed by atoms with Crippen LogP contribution in [0.4, 0.5) is 0 Å². The number of hydrogen-bond acceptors (Lipinski definition) is 6. The van der Waals surface area contributed by atoms with Crippen molar-refractivity contribution in [2.45, 2.75) is 96.4 Å². The van der Waals surface area contributed by atoms with Gasteiger partial charge in [0.05, 0.1) is 19.3 Å². The van der Waals surface area contributed by atoms with Crippen molar-refractivity contribution in [2.24, 2.45) is 46.3 Å². The second-order valence-corrected chi connectivity index (χ2v) is 12.5. The van der Waals surface area contributed by atoms with Gasteiger partial charge in [0.2, 0.25) is 0 Å². The Morgan fingerprint density at radius 1 is 1.15 bits per heavy atom. The van der Waals surface area contributed by atoms with Crippen LogP contribution in [0, 0.1) is 46.3 Å². The molecule has 4 saturated carbocycles. The highest BCUT2D eigenvalue weighted by Crippen LogP contribution is 2.69. The maximum atomic E-state index is 12.4. The van der Waals surface area contributed by atoms with Crippen LogP contribution in [0.3, 0.4) is 0 Å². The SMILES string of the molecule is C=CC(=O)C1(O)CCC2(C)C(CC(O)C3C2CC(O)C2(C)C(C(C)CCC(=O)OC)CCC32)C1. The van der Waals surface area contributed by atoms with Gasteiger partial charge in [-0.15, -0.1) is 0 Å². The van der Waals surface area contributed by atoms with Crippen LogP contribution in [0.2, 0.25) is 0 Å². The van der Waals surface area contributed by atoms with Crippen molar-refractivity contribution < 1.29 is 29.6 Å². The van der Waals surface area contributed by atoms with Gasteiger partial charge in [0, 0.05) is 6.42 Å². The fourth-order valence-corrected chi connectivity index (χ4v) is 9.21. The summed E-state index contributed by atoms with van der Waals surface area (Å²) in [5.74, 6) is 0.646. The molecule has 34 heavy (non-hydrogen) atoms. The Kier molecular flexibility index (Phi) is 6.85. The Bertz CT molecular complexity index is 826. The summed E-state index contributed by atoms with van der Waals surface area (Å²) in [7, 11) is 1.42. The summed E-state index contributed by atoms with van der Waals surface area (Å²) >= 11 is 0. The van der Waals surface area contributed by atoms with Gasteiger partial charge in [0.25, 0.3) is 0 Å². The van der Waals surface area contributed by atoms with Crippen molar-refractivity contribution in [3.05, 3.63) is 12.7 Å². The average molecular weight is 477 g/mol. The van der Waals surface area contributed by atoms with E-state index in [2.05, 4.69) is 27.4 Å². The minimum absolute atomic E-state index is 0.0409. The maximum absolute atomic E-state index is 12.4. The third-order valence-electron chi connectivity index (χ3n) is 11.3. The molecule has 0 bridgehead atoms. The van der Waals surface area contributed by atoms with E-state index in [9.17, 15) is 24.9 Å². The van der Waals surface area contributed by atoms with Gasteiger partial charge >= 0.3 is 5.97 Å². The van der Waals surface area contributed by atoms with E-state index in [4.69, 9.17) is 4.74 Å². The van der Waals surface area contributed by atoms with Gasteiger partial charge in [0.15, 0.2) is 5.78 Å². The Balaban J connectivity index is 1.58. The first-order valence-corrected chi connectivity index (χ1v) is 13.2. The molecule has 0 saturated heterocycles. The van der Waals surface area contributed by atoms with Crippen LogP contribution >= 0.6 is 0 Å².